The van der Waals surface area contributed by atoms with Gasteiger partial charge in [0.05, 0.1) is 5.75 Å². The molecule has 0 spiro atoms. The molecule has 1 aromatic heterocycles. The number of amides is 1. The lowest BCUT2D eigenvalue weighted by Crippen LogP contribution is -3.00. The highest BCUT2D eigenvalue weighted by molar-refractivity contribution is 7.99. The van der Waals surface area contributed by atoms with E-state index in [1.165, 1.54) is 24.6 Å². The molecule has 0 aliphatic heterocycles. The van der Waals surface area contributed by atoms with E-state index in [1.54, 1.807) is 6.20 Å². The molecule has 3 unspecified atom stereocenters. The van der Waals surface area contributed by atoms with Crippen molar-refractivity contribution in [3.8, 4) is 0 Å². The average molecular weight is 317 g/mol. The number of carbonyl (C=O) groups excluding carboxylic acids is 1. The minimum atomic E-state index is 0. The summed E-state index contributed by atoms with van der Waals surface area (Å²) in [4.78, 5) is 16.2. The molecule has 114 valence electrons. The van der Waals surface area contributed by atoms with Gasteiger partial charge in [-0.05, 0) is 18.3 Å². The lowest BCUT2D eigenvalue weighted by atomic mass is 9.78. The van der Waals surface area contributed by atoms with Gasteiger partial charge in [-0.2, -0.15) is 0 Å². The van der Waals surface area contributed by atoms with Crippen molar-refractivity contribution in [3.05, 3.63) is 12.4 Å². The second kappa shape index (κ2) is 7.93. The maximum Gasteiger partial charge on any atom is 0.230 e. The first kappa shape index (κ1) is 17.4. The summed E-state index contributed by atoms with van der Waals surface area (Å²) in [6, 6.07) is 0.346. The van der Waals surface area contributed by atoms with Crippen LogP contribution in [-0.4, -0.2) is 27.3 Å². The molecule has 2 rings (SSSR count). The standard InChI is InChI=1S/C14H23N3OS.ClH/c1-10-5-4-6-12(11(10)2)16-13(18)9-19-14-15-7-8-17(14)3;/h7-8,10-12H,4-6,9H2,1-3H3,(H,16,18);1H/p-1. The lowest BCUT2D eigenvalue weighted by molar-refractivity contribution is -0.120. The summed E-state index contributed by atoms with van der Waals surface area (Å²) >= 11 is 1.49. The van der Waals surface area contributed by atoms with Crippen molar-refractivity contribution in [2.75, 3.05) is 5.75 Å². The van der Waals surface area contributed by atoms with E-state index in [2.05, 4.69) is 24.1 Å². The van der Waals surface area contributed by atoms with Crippen LogP contribution < -0.4 is 17.7 Å². The number of aromatic nitrogens is 2. The van der Waals surface area contributed by atoms with Crippen LogP contribution in [0.2, 0.25) is 0 Å². The fourth-order valence-corrected chi connectivity index (χ4v) is 3.40. The fraction of sp³-hybridized carbons (Fsp3) is 0.714. The number of imidazole rings is 1. The summed E-state index contributed by atoms with van der Waals surface area (Å²) in [6.45, 7) is 4.53. The third kappa shape index (κ3) is 4.42. The maximum atomic E-state index is 12.0. The summed E-state index contributed by atoms with van der Waals surface area (Å²) in [5.41, 5.74) is 0. The van der Waals surface area contributed by atoms with Crippen LogP contribution in [0.1, 0.15) is 33.1 Å². The normalized spacial score (nSPS) is 25.9. The second-order valence-electron chi connectivity index (χ2n) is 5.55. The van der Waals surface area contributed by atoms with Crippen molar-refractivity contribution in [1.29, 1.82) is 0 Å². The number of thioether (sulfide) groups is 1. The van der Waals surface area contributed by atoms with E-state index in [0.29, 0.717) is 23.6 Å². The quantitative estimate of drug-likeness (QED) is 0.759. The van der Waals surface area contributed by atoms with E-state index in [4.69, 9.17) is 0 Å². The van der Waals surface area contributed by atoms with Crippen LogP contribution in [0.3, 0.4) is 0 Å². The molecular weight excluding hydrogens is 294 g/mol. The monoisotopic (exact) mass is 316 g/mol. The molecule has 3 atom stereocenters. The van der Waals surface area contributed by atoms with Crippen LogP contribution in [0.15, 0.2) is 17.6 Å². The Morgan fingerprint density at radius 3 is 2.90 bits per heavy atom. The summed E-state index contributed by atoms with van der Waals surface area (Å²) in [7, 11) is 1.94. The first-order valence-corrected chi connectivity index (χ1v) is 7.96. The number of aryl methyl sites for hydroxylation is 1. The van der Waals surface area contributed by atoms with Crippen molar-refractivity contribution >= 4 is 17.7 Å². The molecule has 4 nitrogen and oxygen atoms in total. The molecule has 20 heavy (non-hydrogen) atoms. The van der Waals surface area contributed by atoms with Crippen LogP contribution in [0.5, 0.6) is 0 Å². The zero-order valence-corrected chi connectivity index (χ0v) is 13.9. The molecule has 0 saturated heterocycles. The van der Waals surface area contributed by atoms with Gasteiger partial charge >= 0.3 is 0 Å². The van der Waals surface area contributed by atoms with Gasteiger partial charge in [0.2, 0.25) is 5.91 Å². The third-order valence-electron chi connectivity index (χ3n) is 4.16. The molecule has 1 N–H and O–H groups in total. The Hall–Kier alpha value is -0.680. The first-order chi connectivity index (χ1) is 9.08. The van der Waals surface area contributed by atoms with Crippen LogP contribution in [-0.2, 0) is 11.8 Å². The third-order valence-corrected chi connectivity index (χ3v) is 5.22. The molecule has 1 saturated carbocycles. The van der Waals surface area contributed by atoms with E-state index in [0.717, 1.165) is 11.6 Å². The Kier molecular flexibility index (Phi) is 6.89. The number of hydrogen-bond acceptors (Lipinski definition) is 3. The van der Waals surface area contributed by atoms with Crippen molar-refractivity contribution in [2.24, 2.45) is 18.9 Å². The van der Waals surface area contributed by atoms with Crippen molar-refractivity contribution in [3.63, 3.8) is 0 Å². The number of hydrogen-bond donors (Lipinski definition) is 1. The van der Waals surface area contributed by atoms with Gasteiger partial charge in [-0.25, -0.2) is 4.98 Å². The average Bonchev–Trinajstić information content (AvgIpc) is 2.78. The van der Waals surface area contributed by atoms with Crippen molar-refractivity contribution in [2.45, 2.75) is 44.3 Å². The molecule has 0 bridgehead atoms. The largest absolute Gasteiger partial charge is 1.00 e. The van der Waals surface area contributed by atoms with Crippen LogP contribution in [0, 0.1) is 11.8 Å². The molecule has 1 heterocycles. The molecule has 6 heteroatoms. The molecule has 0 aromatic carbocycles. The number of rotatable bonds is 4. The van der Waals surface area contributed by atoms with Gasteiger partial charge in [0.15, 0.2) is 5.16 Å². The van der Waals surface area contributed by atoms with Crippen molar-refractivity contribution < 1.29 is 17.2 Å². The molecule has 1 fully saturated rings. The highest BCUT2D eigenvalue weighted by Crippen LogP contribution is 2.29. The Labute approximate surface area is 131 Å². The summed E-state index contributed by atoms with van der Waals surface area (Å²) < 4.78 is 1.93. The smallest absolute Gasteiger partial charge is 0.230 e. The topological polar surface area (TPSA) is 46.9 Å². The summed E-state index contributed by atoms with van der Waals surface area (Å²) in [5.74, 6) is 1.86. The van der Waals surface area contributed by atoms with Gasteiger partial charge < -0.3 is 22.3 Å². The Balaban J connectivity index is 0.00000200. The predicted octanol–water partition coefficient (Wildman–Crippen LogP) is -0.543. The Morgan fingerprint density at radius 1 is 1.50 bits per heavy atom. The van der Waals surface area contributed by atoms with Crippen molar-refractivity contribution in [1.82, 2.24) is 14.9 Å². The zero-order chi connectivity index (χ0) is 13.8. The Morgan fingerprint density at radius 2 is 2.25 bits per heavy atom. The van der Waals surface area contributed by atoms with E-state index in [9.17, 15) is 4.79 Å². The minimum Gasteiger partial charge on any atom is -1.00 e. The van der Waals surface area contributed by atoms with Gasteiger partial charge in [-0.3, -0.25) is 4.79 Å². The van der Waals surface area contributed by atoms with Gasteiger partial charge in [-0.15, -0.1) is 0 Å². The highest BCUT2D eigenvalue weighted by atomic mass is 35.5. The molecular formula is C14H23ClN3OS-. The van der Waals surface area contributed by atoms with E-state index >= 15 is 0 Å². The fourth-order valence-electron chi connectivity index (χ4n) is 2.66. The number of nitrogens with one attached hydrogen (secondary N) is 1. The highest BCUT2D eigenvalue weighted by Gasteiger charge is 2.28. The Bertz CT molecular complexity index is 438. The predicted molar refractivity (Wildman–Crippen MR) is 78.0 cm³/mol. The van der Waals surface area contributed by atoms with Gasteiger partial charge in [0.25, 0.3) is 0 Å². The van der Waals surface area contributed by atoms with Gasteiger partial charge in [0.1, 0.15) is 0 Å². The molecule has 0 radical (unpaired) electrons. The number of carbonyl (C=O) groups is 1. The van der Waals surface area contributed by atoms with E-state index in [-0.39, 0.29) is 18.3 Å². The van der Waals surface area contributed by atoms with E-state index in [1.807, 2.05) is 17.8 Å². The molecule has 1 aliphatic rings. The molecule has 1 amide bonds. The van der Waals surface area contributed by atoms with Gasteiger partial charge in [0, 0.05) is 25.5 Å². The molecule has 1 aliphatic carbocycles. The zero-order valence-electron chi connectivity index (χ0n) is 12.3. The number of halogens is 1. The van der Waals surface area contributed by atoms with Crippen LogP contribution in [0.25, 0.3) is 0 Å². The van der Waals surface area contributed by atoms with E-state index < -0.39 is 0 Å². The summed E-state index contributed by atoms with van der Waals surface area (Å²) in [5, 5.41) is 4.07. The molecule has 1 aromatic rings. The number of nitrogens with zero attached hydrogens (tertiary/aromatic N) is 2. The van der Waals surface area contributed by atoms with Gasteiger partial charge in [-0.1, -0.05) is 38.5 Å². The van der Waals surface area contributed by atoms with Crippen LogP contribution in [0.4, 0.5) is 0 Å². The summed E-state index contributed by atoms with van der Waals surface area (Å²) in [6.07, 6.45) is 7.28. The maximum absolute atomic E-state index is 12.0. The first-order valence-electron chi connectivity index (χ1n) is 6.97. The minimum absolute atomic E-state index is 0. The lowest BCUT2D eigenvalue weighted by Gasteiger charge is -2.34. The SMILES string of the molecule is CC1CCCC(NC(=O)CSc2nccn2C)C1C.[Cl-]. The van der Waals surface area contributed by atoms with Crippen LogP contribution >= 0.6 is 11.8 Å². The second-order valence-corrected chi connectivity index (χ2v) is 6.49.